The zero-order valence-electron chi connectivity index (χ0n) is 3.74. The average Bonchev–Trinajstić information content (AvgIpc) is 1.30. The van der Waals surface area contributed by atoms with E-state index in [2.05, 4.69) is 9.24 Å². The molecule has 3 nitrogen and oxygen atoms in total. The molecule has 0 bridgehead atoms. The van der Waals surface area contributed by atoms with E-state index in [0.717, 1.165) is 0 Å². The van der Waals surface area contributed by atoms with Crippen LogP contribution in [0.4, 0.5) is 0 Å². The molecule has 7 heavy (non-hydrogen) atoms. The van der Waals surface area contributed by atoms with Crippen molar-refractivity contribution in [2.45, 2.75) is 0 Å². The highest BCUT2D eigenvalue weighted by Gasteiger charge is 2.08. The van der Waals surface area contributed by atoms with Crippen molar-refractivity contribution in [3.63, 3.8) is 0 Å². The third-order valence-corrected chi connectivity index (χ3v) is 2.04. The third-order valence-electron chi connectivity index (χ3n) is 0.420. The minimum absolute atomic E-state index is 0.0301. The highest BCUT2D eigenvalue weighted by Crippen LogP contribution is 2.33. The number of rotatable bonds is 2. The Labute approximate surface area is 44.5 Å². The Morgan fingerprint density at radius 1 is 1.57 bits per heavy atom. The van der Waals surface area contributed by atoms with Crippen LogP contribution in [0.2, 0.25) is 0 Å². The van der Waals surface area contributed by atoms with Gasteiger partial charge in [-0.25, -0.2) is 0 Å². The first-order valence-corrected chi connectivity index (χ1v) is 4.42. The summed E-state index contributed by atoms with van der Waals surface area (Å²) < 4.78 is 9.91. The molecule has 0 spiro atoms. The lowest BCUT2D eigenvalue weighted by Crippen LogP contribution is -1.85. The SMILES string of the molecule is O=P(O)(O)CCP. The number of hydrogen-bond acceptors (Lipinski definition) is 1. The van der Waals surface area contributed by atoms with Crippen LogP contribution in [-0.2, 0) is 4.57 Å². The van der Waals surface area contributed by atoms with Crippen LogP contribution < -0.4 is 0 Å². The minimum atomic E-state index is -3.69. The normalized spacial score (nSPS) is 11.9. The van der Waals surface area contributed by atoms with E-state index in [4.69, 9.17) is 9.79 Å². The summed E-state index contributed by atoms with van der Waals surface area (Å²) >= 11 is 0. The molecule has 2 N–H and O–H groups in total. The van der Waals surface area contributed by atoms with E-state index in [9.17, 15) is 4.57 Å². The van der Waals surface area contributed by atoms with Crippen molar-refractivity contribution in [1.29, 1.82) is 0 Å². The van der Waals surface area contributed by atoms with E-state index in [1.54, 1.807) is 0 Å². The standard InChI is InChI=1S/C2H8O3P2/c3-7(4,5)2-1-6/h1-2,6H2,(H2,3,4,5). The van der Waals surface area contributed by atoms with E-state index >= 15 is 0 Å². The molecule has 0 aromatic carbocycles. The first kappa shape index (κ1) is 7.58. The van der Waals surface area contributed by atoms with E-state index in [1.807, 2.05) is 0 Å². The lowest BCUT2D eigenvalue weighted by Gasteiger charge is -1.96. The van der Waals surface area contributed by atoms with Crippen molar-refractivity contribution < 1.29 is 14.4 Å². The van der Waals surface area contributed by atoms with Crippen LogP contribution in [0.1, 0.15) is 0 Å². The van der Waals surface area contributed by atoms with Gasteiger partial charge in [-0.1, -0.05) is 0 Å². The fraction of sp³-hybridized carbons (Fsp3) is 1.00. The van der Waals surface area contributed by atoms with E-state index in [0.29, 0.717) is 6.16 Å². The number of hydrogen-bond donors (Lipinski definition) is 2. The first-order chi connectivity index (χ1) is 3.06. The van der Waals surface area contributed by atoms with Gasteiger partial charge >= 0.3 is 7.60 Å². The molecule has 0 aliphatic carbocycles. The summed E-state index contributed by atoms with van der Waals surface area (Å²) in [7, 11) is -1.44. The summed E-state index contributed by atoms with van der Waals surface area (Å²) in [6.07, 6.45) is 0.432. The van der Waals surface area contributed by atoms with Gasteiger partial charge in [-0.15, -0.1) is 9.24 Å². The van der Waals surface area contributed by atoms with Gasteiger partial charge in [0.15, 0.2) is 0 Å². The van der Waals surface area contributed by atoms with E-state index in [1.165, 1.54) is 0 Å². The van der Waals surface area contributed by atoms with Crippen molar-refractivity contribution in [3.05, 3.63) is 0 Å². The summed E-state index contributed by atoms with van der Waals surface area (Å²) in [6.45, 7) is 0. The highest BCUT2D eigenvalue weighted by molar-refractivity contribution is 7.52. The van der Waals surface area contributed by atoms with Gasteiger partial charge in [0, 0.05) is 0 Å². The van der Waals surface area contributed by atoms with Crippen molar-refractivity contribution >= 4 is 16.8 Å². The minimum Gasteiger partial charge on any atom is -0.324 e. The monoisotopic (exact) mass is 142 g/mol. The molecule has 0 heterocycles. The van der Waals surface area contributed by atoms with Crippen LogP contribution in [0.5, 0.6) is 0 Å². The highest BCUT2D eigenvalue weighted by atomic mass is 31.2. The quantitative estimate of drug-likeness (QED) is 0.535. The molecule has 1 atom stereocenters. The van der Waals surface area contributed by atoms with Crippen LogP contribution >= 0.6 is 16.8 Å². The van der Waals surface area contributed by atoms with E-state index in [-0.39, 0.29) is 6.16 Å². The molecule has 0 fully saturated rings. The molecule has 0 aliphatic heterocycles. The van der Waals surface area contributed by atoms with Gasteiger partial charge in [0.2, 0.25) is 0 Å². The van der Waals surface area contributed by atoms with Gasteiger partial charge in [0.25, 0.3) is 0 Å². The lowest BCUT2D eigenvalue weighted by atomic mass is 11.0. The molecular weight excluding hydrogens is 134 g/mol. The Morgan fingerprint density at radius 3 is 2.00 bits per heavy atom. The van der Waals surface area contributed by atoms with Crippen LogP contribution in [0.15, 0.2) is 0 Å². The van der Waals surface area contributed by atoms with Crippen LogP contribution in [0.3, 0.4) is 0 Å². The molecule has 0 amide bonds. The van der Waals surface area contributed by atoms with Crippen LogP contribution in [0.25, 0.3) is 0 Å². The molecule has 0 radical (unpaired) electrons. The zero-order valence-corrected chi connectivity index (χ0v) is 5.79. The summed E-state index contributed by atoms with van der Waals surface area (Å²) in [6, 6.07) is 0. The zero-order chi connectivity index (χ0) is 5.91. The molecule has 0 rings (SSSR count). The predicted molar refractivity (Wildman–Crippen MR) is 31.5 cm³/mol. The Bertz CT molecular complexity index is 84.9. The lowest BCUT2D eigenvalue weighted by molar-refractivity contribution is 0.375. The molecule has 1 unspecified atom stereocenters. The summed E-state index contributed by atoms with van der Waals surface area (Å²) in [4.78, 5) is 16.2. The van der Waals surface area contributed by atoms with Crippen LogP contribution in [0, 0.1) is 0 Å². The Morgan fingerprint density at radius 2 is 2.00 bits per heavy atom. The summed E-state index contributed by atoms with van der Waals surface area (Å²) in [5.74, 6) is 0. The average molecular weight is 142 g/mol. The molecule has 0 aromatic heterocycles. The van der Waals surface area contributed by atoms with Crippen molar-refractivity contribution in [2.75, 3.05) is 12.3 Å². The molecular formula is C2H8O3P2. The fourth-order valence-corrected chi connectivity index (χ4v) is 1.51. The topological polar surface area (TPSA) is 57.5 Å². The summed E-state index contributed by atoms with van der Waals surface area (Å²) in [5, 5.41) is 0. The largest absolute Gasteiger partial charge is 0.325 e. The molecule has 0 saturated heterocycles. The maximum atomic E-state index is 9.91. The smallest absolute Gasteiger partial charge is 0.324 e. The maximum Gasteiger partial charge on any atom is 0.325 e. The van der Waals surface area contributed by atoms with Gasteiger partial charge < -0.3 is 9.79 Å². The second kappa shape index (κ2) is 2.78. The Balaban J connectivity index is 3.36. The van der Waals surface area contributed by atoms with Gasteiger partial charge in [-0.05, 0) is 6.16 Å². The van der Waals surface area contributed by atoms with Crippen molar-refractivity contribution in [2.24, 2.45) is 0 Å². The predicted octanol–water partition coefficient (Wildman–Crippen LogP) is 0.0392. The maximum absolute atomic E-state index is 9.91. The molecule has 5 heteroatoms. The summed E-state index contributed by atoms with van der Waals surface area (Å²) in [5.41, 5.74) is 0. The van der Waals surface area contributed by atoms with Gasteiger partial charge in [-0.2, -0.15) is 0 Å². The van der Waals surface area contributed by atoms with E-state index < -0.39 is 7.60 Å². The van der Waals surface area contributed by atoms with Crippen LogP contribution in [-0.4, -0.2) is 22.1 Å². The first-order valence-electron chi connectivity index (χ1n) is 1.81. The second-order valence-electron chi connectivity index (χ2n) is 1.18. The molecule has 44 valence electrons. The van der Waals surface area contributed by atoms with Crippen molar-refractivity contribution in [3.8, 4) is 0 Å². The molecule has 0 aliphatic rings. The van der Waals surface area contributed by atoms with Crippen molar-refractivity contribution in [1.82, 2.24) is 0 Å². The second-order valence-corrected chi connectivity index (χ2v) is 3.53. The van der Waals surface area contributed by atoms with Gasteiger partial charge in [0.1, 0.15) is 0 Å². The Kier molecular flexibility index (Phi) is 3.01. The van der Waals surface area contributed by atoms with Gasteiger partial charge in [-0.3, -0.25) is 4.57 Å². The Hall–Kier alpha value is 0.580. The van der Waals surface area contributed by atoms with Gasteiger partial charge in [0.05, 0.1) is 6.16 Å². The molecule has 0 saturated carbocycles. The fourth-order valence-electron chi connectivity index (χ4n) is 0.168. The molecule has 0 aromatic rings. The third kappa shape index (κ3) is 6.58.